The molecule has 0 saturated heterocycles. The molecular weight excluding hydrogens is 308 g/mol. The van der Waals surface area contributed by atoms with E-state index in [1.54, 1.807) is 26.5 Å². The van der Waals surface area contributed by atoms with Crippen molar-refractivity contribution < 1.29 is 18.7 Å². The zero-order valence-electron chi connectivity index (χ0n) is 14.5. The molecule has 0 saturated carbocycles. The molecule has 1 heterocycles. The van der Waals surface area contributed by atoms with Crippen LogP contribution in [-0.2, 0) is 11.2 Å². The van der Waals surface area contributed by atoms with Gasteiger partial charge in [0.1, 0.15) is 5.76 Å². The van der Waals surface area contributed by atoms with Crippen LogP contribution in [0.1, 0.15) is 17.4 Å². The monoisotopic (exact) mass is 332 g/mol. The van der Waals surface area contributed by atoms with Crippen LogP contribution in [0.15, 0.2) is 41.0 Å². The molecule has 0 aliphatic rings. The van der Waals surface area contributed by atoms with E-state index in [2.05, 4.69) is 5.32 Å². The maximum Gasteiger partial charge on any atom is 0.224 e. The van der Waals surface area contributed by atoms with Gasteiger partial charge in [0.25, 0.3) is 0 Å². The minimum Gasteiger partial charge on any atom is -0.493 e. The lowest BCUT2D eigenvalue weighted by Gasteiger charge is -2.22. The van der Waals surface area contributed by atoms with Gasteiger partial charge in [0.05, 0.1) is 32.9 Å². The molecule has 2 aromatic rings. The third-order valence-electron chi connectivity index (χ3n) is 3.80. The van der Waals surface area contributed by atoms with E-state index in [4.69, 9.17) is 13.9 Å². The summed E-state index contributed by atoms with van der Waals surface area (Å²) in [6.07, 6.45) is 1.91. The van der Waals surface area contributed by atoms with Crippen LogP contribution in [-0.4, -0.2) is 45.7 Å². The number of carbonyl (C=O) groups excluding carboxylic acids is 1. The van der Waals surface area contributed by atoms with Crippen molar-refractivity contribution in [1.29, 1.82) is 0 Å². The molecule has 0 fully saturated rings. The van der Waals surface area contributed by atoms with Gasteiger partial charge in [-0.15, -0.1) is 0 Å². The molecule has 1 atom stereocenters. The molecule has 0 radical (unpaired) electrons. The van der Waals surface area contributed by atoms with Gasteiger partial charge in [0, 0.05) is 6.54 Å². The van der Waals surface area contributed by atoms with Gasteiger partial charge in [-0.25, -0.2) is 0 Å². The van der Waals surface area contributed by atoms with Gasteiger partial charge >= 0.3 is 0 Å². The van der Waals surface area contributed by atoms with Crippen LogP contribution >= 0.6 is 0 Å². The number of amides is 1. The highest BCUT2D eigenvalue weighted by Gasteiger charge is 2.18. The lowest BCUT2D eigenvalue weighted by Crippen LogP contribution is -2.35. The average Bonchev–Trinajstić information content (AvgIpc) is 3.08. The molecule has 1 amide bonds. The number of methoxy groups -OCH3 is 2. The number of hydrogen-bond acceptors (Lipinski definition) is 5. The highest BCUT2D eigenvalue weighted by atomic mass is 16.5. The number of nitrogens with one attached hydrogen (secondary N) is 1. The minimum absolute atomic E-state index is 0.00523. The van der Waals surface area contributed by atoms with E-state index in [0.29, 0.717) is 18.0 Å². The maximum atomic E-state index is 12.2. The first kappa shape index (κ1) is 17.9. The lowest BCUT2D eigenvalue weighted by atomic mass is 10.1. The first-order chi connectivity index (χ1) is 11.5. The van der Waals surface area contributed by atoms with Crippen molar-refractivity contribution in [2.24, 2.45) is 0 Å². The Morgan fingerprint density at radius 3 is 2.54 bits per heavy atom. The topological polar surface area (TPSA) is 63.9 Å². The Labute approximate surface area is 142 Å². The maximum absolute atomic E-state index is 12.2. The molecule has 1 aromatic carbocycles. The summed E-state index contributed by atoms with van der Waals surface area (Å²) in [5.74, 6) is 2.03. The Kier molecular flexibility index (Phi) is 6.26. The second kappa shape index (κ2) is 8.40. The number of likely N-dealkylation sites (N-methyl/N-ethyl adjacent to an activating group) is 1. The minimum atomic E-state index is -0.0550. The molecule has 0 aliphatic heterocycles. The van der Waals surface area contributed by atoms with Crippen molar-refractivity contribution in [1.82, 2.24) is 10.2 Å². The van der Waals surface area contributed by atoms with Crippen molar-refractivity contribution in [2.45, 2.75) is 12.5 Å². The highest BCUT2D eigenvalue weighted by Crippen LogP contribution is 2.27. The molecular formula is C18H24N2O4. The van der Waals surface area contributed by atoms with Crippen LogP contribution in [0.5, 0.6) is 11.5 Å². The van der Waals surface area contributed by atoms with E-state index in [0.717, 1.165) is 11.3 Å². The molecule has 1 N–H and O–H groups in total. The van der Waals surface area contributed by atoms with E-state index >= 15 is 0 Å². The fourth-order valence-corrected chi connectivity index (χ4v) is 2.47. The Bertz CT molecular complexity index is 653. The van der Waals surface area contributed by atoms with E-state index in [1.165, 1.54) is 0 Å². The van der Waals surface area contributed by atoms with Gasteiger partial charge in [-0.05, 0) is 43.9 Å². The number of ether oxygens (including phenoxy) is 2. The second-order valence-electron chi connectivity index (χ2n) is 5.67. The molecule has 0 spiro atoms. The predicted octanol–water partition coefficient (Wildman–Crippen LogP) is 2.26. The molecule has 1 aromatic heterocycles. The largest absolute Gasteiger partial charge is 0.493 e. The van der Waals surface area contributed by atoms with Crippen molar-refractivity contribution >= 4 is 5.91 Å². The fourth-order valence-electron chi connectivity index (χ4n) is 2.47. The third kappa shape index (κ3) is 4.52. The van der Waals surface area contributed by atoms with Crippen molar-refractivity contribution in [2.75, 3.05) is 34.9 Å². The number of benzene rings is 1. The van der Waals surface area contributed by atoms with Crippen LogP contribution < -0.4 is 14.8 Å². The summed E-state index contributed by atoms with van der Waals surface area (Å²) < 4.78 is 15.9. The van der Waals surface area contributed by atoms with E-state index in [-0.39, 0.29) is 18.4 Å². The van der Waals surface area contributed by atoms with E-state index in [9.17, 15) is 4.79 Å². The fraction of sp³-hybridized carbons (Fsp3) is 0.389. The van der Waals surface area contributed by atoms with Gasteiger partial charge in [-0.2, -0.15) is 0 Å². The number of rotatable bonds is 8. The Balaban J connectivity index is 1.95. The standard InChI is InChI=1S/C18H24N2O4/c1-20(2)14(15-6-5-9-24-15)12-19-18(21)11-13-7-8-16(22-3)17(10-13)23-4/h5-10,14H,11-12H2,1-4H3,(H,19,21). The van der Waals surface area contributed by atoms with Crippen LogP contribution in [0, 0.1) is 0 Å². The number of furan rings is 1. The van der Waals surface area contributed by atoms with E-state index < -0.39 is 0 Å². The first-order valence-corrected chi connectivity index (χ1v) is 7.72. The Hall–Kier alpha value is -2.47. The van der Waals surface area contributed by atoms with Gasteiger partial charge in [0.15, 0.2) is 11.5 Å². The van der Waals surface area contributed by atoms with Gasteiger partial charge in [-0.1, -0.05) is 6.07 Å². The molecule has 130 valence electrons. The summed E-state index contributed by atoms with van der Waals surface area (Å²) in [5.41, 5.74) is 0.865. The molecule has 6 heteroatoms. The Morgan fingerprint density at radius 1 is 1.21 bits per heavy atom. The molecule has 24 heavy (non-hydrogen) atoms. The summed E-state index contributed by atoms with van der Waals surface area (Å²) >= 11 is 0. The molecule has 0 aliphatic carbocycles. The van der Waals surface area contributed by atoms with Crippen LogP contribution in [0.2, 0.25) is 0 Å². The first-order valence-electron chi connectivity index (χ1n) is 7.72. The lowest BCUT2D eigenvalue weighted by molar-refractivity contribution is -0.120. The summed E-state index contributed by atoms with van der Waals surface area (Å²) in [5, 5.41) is 2.95. The smallest absolute Gasteiger partial charge is 0.224 e. The zero-order chi connectivity index (χ0) is 17.5. The Morgan fingerprint density at radius 2 is 1.96 bits per heavy atom. The van der Waals surface area contributed by atoms with Gasteiger partial charge in [-0.3, -0.25) is 9.69 Å². The summed E-state index contributed by atoms with van der Waals surface area (Å²) in [6, 6.07) is 9.22. The SMILES string of the molecule is COc1ccc(CC(=O)NCC(c2ccco2)N(C)C)cc1OC. The van der Waals surface area contributed by atoms with Gasteiger partial charge in [0.2, 0.25) is 5.91 Å². The summed E-state index contributed by atoms with van der Waals surface area (Å²) in [7, 11) is 7.06. The molecule has 0 bridgehead atoms. The third-order valence-corrected chi connectivity index (χ3v) is 3.80. The van der Waals surface area contributed by atoms with E-state index in [1.807, 2.05) is 43.3 Å². The molecule has 6 nitrogen and oxygen atoms in total. The highest BCUT2D eigenvalue weighted by molar-refractivity contribution is 5.78. The quantitative estimate of drug-likeness (QED) is 0.803. The summed E-state index contributed by atoms with van der Waals surface area (Å²) in [6.45, 7) is 0.479. The average molecular weight is 332 g/mol. The van der Waals surface area contributed by atoms with Crippen LogP contribution in [0.4, 0.5) is 0 Å². The summed E-state index contributed by atoms with van der Waals surface area (Å²) in [4.78, 5) is 14.2. The molecule has 1 unspecified atom stereocenters. The van der Waals surface area contributed by atoms with Gasteiger partial charge < -0.3 is 19.2 Å². The normalized spacial score (nSPS) is 12.0. The van der Waals surface area contributed by atoms with Crippen LogP contribution in [0.25, 0.3) is 0 Å². The number of carbonyl (C=O) groups is 1. The number of nitrogens with zero attached hydrogens (tertiary/aromatic N) is 1. The van der Waals surface area contributed by atoms with Crippen molar-refractivity contribution in [3.05, 3.63) is 47.9 Å². The number of hydrogen-bond donors (Lipinski definition) is 1. The second-order valence-corrected chi connectivity index (χ2v) is 5.67. The zero-order valence-corrected chi connectivity index (χ0v) is 14.5. The van der Waals surface area contributed by atoms with Crippen molar-refractivity contribution in [3.8, 4) is 11.5 Å². The van der Waals surface area contributed by atoms with Crippen LogP contribution in [0.3, 0.4) is 0 Å². The molecule has 2 rings (SSSR count). The van der Waals surface area contributed by atoms with Crippen molar-refractivity contribution in [3.63, 3.8) is 0 Å². The predicted molar refractivity (Wildman–Crippen MR) is 91.4 cm³/mol.